The average molecular weight is 957 g/mol. The summed E-state index contributed by atoms with van der Waals surface area (Å²) in [7, 11) is -13.8. The largest absolute Gasteiger partial charge is 0.412 e. The lowest BCUT2D eigenvalue weighted by atomic mass is 10.1. The van der Waals surface area contributed by atoms with Gasteiger partial charge in [0.05, 0.1) is 22.3 Å². The van der Waals surface area contributed by atoms with Crippen LogP contribution in [0.1, 0.15) is 11.1 Å². The lowest BCUT2D eigenvalue weighted by molar-refractivity contribution is 0.280. The van der Waals surface area contributed by atoms with Crippen molar-refractivity contribution in [3.8, 4) is 0 Å². The number of sulfone groups is 2. The van der Waals surface area contributed by atoms with Crippen molar-refractivity contribution < 1.29 is 58.7 Å². The summed E-state index contributed by atoms with van der Waals surface area (Å²) in [5, 5.41) is 25.7. The molecule has 2 saturated heterocycles. The van der Waals surface area contributed by atoms with Crippen LogP contribution in [0.25, 0.3) is 0 Å². The van der Waals surface area contributed by atoms with Gasteiger partial charge in [0.1, 0.15) is 11.4 Å². The molecule has 23 heteroatoms. The van der Waals surface area contributed by atoms with Gasteiger partial charge >= 0.3 is 0 Å². The van der Waals surface area contributed by atoms with Crippen LogP contribution in [0.2, 0.25) is 0 Å². The van der Waals surface area contributed by atoms with Crippen molar-refractivity contribution in [1.82, 2.24) is 9.80 Å². The van der Waals surface area contributed by atoms with Gasteiger partial charge in [-0.25, -0.2) is 16.8 Å². The minimum Gasteiger partial charge on any atom is -0.412 e. The van der Waals surface area contributed by atoms with Gasteiger partial charge in [0, 0.05) is 100 Å². The highest BCUT2D eigenvalue weighted by Gasteiger charge is 2.21. The number of rotatable bonds is 10. The summed E-state index contributed by atoms with van der Waals surface area (Å²) in [6, 6.07) is 33.6. The molecule has 63 heavy (non-hydrogen) atoms. The van der Waals surface area contributed by atoms with Crippen molar-refractivity contribution in [2.24, 2.45) is 10.3 Å². The normalized spacial score (nSPS) is 15.6. The first-order chi connectivity index (χ1) is 28.9. The number of hydrogen-bond donors (Lipinski definition) is 4. The lowest BCUT2D eigenvalue weighted by Gasteiger charge is -2.36. The summed E-state index contributed by atoms with van der Waals surface area (Å²) >= 11 is 0. The molecule has 4 aromatic rings. The van der Waals surface area contributed by atoms with E-state index in [0.29, 0.717) is 37.0 Å². The second kappa shape index (κ2) is 24.8. The molecule has 348 valence electrons. The predicted octanol–water partition coefficient (Wildman–Crippen LogP) is 2.36. The highest BCUT2D eigenvalue weighted by molar-refractivity contribution is 7.91. The van der Waals surface area contributed by atoms with Crippen molar-refractivity contribution in [2.45, 2.75) is 9.79 Å². The molecule has 0 saturated carbocycles. The molecule has 0 unspecified atom stereocenters. The molecule has 2 aliphatic rings. The van der Waals surface area contributed by atoms with E-state index in [4.69, 9.17) is 9.11 Å². The second-order valence-corrected chi connectivity index (χ2v) is 21.3. The van der Waals surface area contributed by atoms with Crippen LogP contribution in [0.3, 0.4) is 0 Å². The molecule has 0 bridgehead atoms. The SMILES string of the molecule is CS(=O)(=O)O.CS(=O)(=O)O.CS(=O)(=O)c1ccc(/C(CN2CCN(c3ccccc3)CC2)=N\O)cc1.CS(=O)(=O)c1ccc(/C(CN2CCN(c3ccccc3)CC2)=N\O)cc1.O. The molecule has 19 nitrogen and oxygen atoms in total. The van der Waals surface area contributed by atoms with Crippen LogP contribution < -0.4 is 9.80 Å². The quantitative estimate of drug-likeness (QED) is 0.0768. The van der Waals surface area contributed by atoms with Gasteiger partial charge in [-0.3, -0.25) is 18.9 Å². The number of anilines is 2. The Labute approximate surface area is 370 Å². The maximum Gasteiger partial charge on any atom is 0.261 e. The molecule has 0 radical (unpaired) electrons. The van der Waals surface area contributed by atoms with Crippen LogP contribution in [0, 0.1) is 0 Å². The zero-order chi connectivity index (χ0) is 46.1. The van der Waals surface area contributed by atoms with Crippen molar-refractivity contribution in [3.63, 3.8) is 0 Å². The first kappa shape index (κ1) is 54.2. The number of oxime groups is 2. The number of hydrogen-bond acceptors (Lipinski definition) is 16. The highest BCUT2D eigenvalue weighted by atomic mass is 32.2. The Balaban J connectivity index is 0.000000352. The summed E-state index contributed by atoms with van der Waals surface area (Å²) in [4.78, 5) is 9.67. The predicted molar refractivity (Wildman–Crippen MR) is 244 cm³/mol. The summed E-state index contributed by atoms with van der Waals surface area (Å²) in [6.07, 6.45) is 3.78. The van der Waals surface area contributed by atoms with E-state index in [1.807, 2.05) is 36.4 Å². The van der Waals surface area contributed by atoms with Gasteiger partial charge in [-0.15, -0.1) is 0 Å². The summed E-state index contributed by atoms with van der Waals surface area (Å²) in [5.41, 5.74) is 4.98. The minimum atomic E-state index is -3.67. The van der Waals surface area contributed by atoms with E-state index in [1.165, 1.54) is 23.9 Å². The van der Waals surface area contributed by atoms with E-state index in [2.05, 4.69) is 54.2 Å². The first-order valence-corrected chi connectivity index (χ1v) is 26.3. The molecule has 2 fully saturated rings. The minimum absolute atomic E-state index is 0. The summed E-state index contributed by atoms with van der Waals surface area (Å²) < 4.78 is 98.0. The van der Waals surface area contributed by atoms with Gasteiger partial charge in [0.2, 0.25) is 0 Å². The summed E-state index contributed by atoms with van der Waals surface area (Å²) in [6.45, 7) is 8.18. The maximum absolute atomic E-state index is 11.6. The van der Waals surface area contributed by atoms with Gasteiger partial charge < -0.3 is 25.7 Å². The molecule has 2 aliphatic heterocycles. The zero-order valence-corrected chi connectivity index (χ0v) is 38.6. The monoisotopic (exact) mass is 956 g/mol. The van der Waals surface area contributed by atoms with E-state index in [0.717, 1.165) is 63.5 Å². The van der Waals surface area contributed by atoms with Crippen molar-refractivity contribution >= 4 is 62.7 Å². The van der Waals surface area contributed by atoms with Crippen LogP contribution in [0.4, 0.5) is 11.4 Å². The Morgan fingerprint density at radius 2 is 0.714 bits per heavy atom. The third-order valence-electron chi connectivity index (χ3n) is 9.21. The van der Waals surface area contributed by atoms with Crippen LogP contribution in [-0.2, 0) is 39.9 Å². The third-order valence-corrected chi connectivity index (χ3v) is 11.5. The fourth-order valence-electron chi connectivity index (χ4n) is 6.18. The maximum atomic E-state index is 11.6. The lowest BCUT2D eigenvalue weighted by Crippen LogP contribution is -2.48. The van der Waals surface area contributed by atoms with Crippen molar-refractivity contribution in [1.29, 1.82) is 0 Å². The van der Waals surface area contributed by atoms with Crippen molar-refractivity contribution in [3.05, 3.63) is 120 Å². The van der Waals surface area contributed by atoms with Crippen LogP contribution >= 0.6 is 0 Å². The Bertz CT molecular complexity index is 2320. The topological polar surface area (TPSA) is 287 Å². The van der Waals surface area contributed by atoms with E-state index >= 15 is 0 Å². The Morgan fingerprint density at radius 1 is 0.460 bits per heavy atom. The van der Waals surface area contributed by atoms with E-state index in [9.17, 15) is 44.1 Å². The van der Waals surface area contributed by atoms with Gasteiger partial charge in [-0.2, -0.15) is 16.8 Å². The molecule has 6 rings (SSSR count). The average Bonchev–Trinajstić information content (AvgIpc) is 3.21. The Morgan fingerprint density at radius 3 is 0.937 bits per heavy atom. The molecule has 0 aliphatic carbocycles. The Hall–Kier alpha value is -4.98. The van der Waals surface area contributed by atoms with E-state index in [-0.39, 0.29) is 15.3 Å². The van der Waals surface area contributed by atoms with Gasteiger partial charge in [0.25, 0.3) is 20.2 Å². The summed E-state index contributed by atoms with van der Waals surface area (Å²) in [5.74, 6) is 0. The van der Waals surface area contributed by atoms with Crippen LogP contribution in [-0.4, -0.2) is 170 Å². The second-order valence-electron chi connectivity index (χ2n) is 14.4. The molecule has 4 aromatic carbocycles. The van der Waals surface area contributed by atoms with E-state index in [1.54, 1.807) is 48.5 Å². The smallest absolute Gasteiger partial charge is 0.261 e. The van der Waals surface area contributed by atoms with Crippen LogP contribution in [0.15, 0.2) is 129 Å². The Kier molecular flexibility index (Phi) is 21.3. The fraction of sp³-hybridized carbons (Fsp3) is 0.350. The molecular formula is C40H56N6O13S4. The number of nitrogens with zero attached hydrogens (tertiary/aromatic N) is 6. The van der Waals surface area contributed by atoms with Gasteiger partial charge in [-0.1, -0.05) is 71.0 Å². The molecule has 0 amide bonds. The van der Waals surface area contributed by atoms with Gasteiger partial charge in [0.15, 0.2) is 19.7 Å². The molecule has 0 aromatic heterocycles. The van der Waals surface area contributed by atoms with Crippen molar-refractivity contribution in [2.75, 3.05) is 100 Å². The number of piperazine rings is 2. The van der Waals surface area contributed by atoms with Crippen LogP contribution in [0.5, 0.6) is 0 Å². The standard InChI is InChI=1S/2C19H23N3O3S.2CH4O3S.H2O/c2*1-26(24,25)18-9-7-16(8-10-18)19(20-23)15-21-11-13-22(14-12-21)17-5-3-2-4-6-17;2*1-5(2,3)4;/h2*2-10,23H,11-15H2,1H3;2*1H3,(H,2,3,4);1H2/b2*20-19-;;;. The first-order valence-electron chi connectivity index (χ1n) is 18.9. The third kappa shape index (κ3) is 20.8. The molecule has 0 spiro atoms. The zero-order valence-electron chi connectivity index (χ0n) is 35.3. The highest BCUT2D eigenvalue weighted by Crippen LogP contribution is 2.19. The molecule has 2 heterocycles. The van der Waals surface area contributed by atoms with Gasteiger partial charge in [-0.05, 0) is 48.5 Å². The number of para-hydroxylation sites is 2. The fourth-order valence-corrected chi connectivity index (χ4v) is 7.44. The number of benzene rings is 4. The molecule has 6 N–H and O–H groups in total. The molecular weight excluding hydrogens is 901 g/mol. The molecule has 0 atom stereocenters. The van der Waals surface area contributed by atoms with E-state index < -0.39 is 39.9 Å².